The van der Waals surface area contributed by atoms with Gasteiger partial charge in [-0.05, 0) is 56.1 Å². The van der Waals surface area contributed by atoms with E-state index in [0.29, 0.717) is 18.9 Å². The van der Waals surface area contributed by atoms with Crippen molar-refractivity contribution in [2.45, 2.75) is 45.1 Å². The molecule has 5 heteroatoms. The zero-order chi connectivity index (χ0) is 15.5. The van der Waals surface area contributed by atoms with Crippen molar-refractivity contribution >= 4 is 11.8 Å². The summed E-state index contributed by atoms with van der Waals surface area (Å²) in [4.78, 5) is 23.7. The van der Waals surface area contributed by atoms with Crippen molar-refractivity contribution in [3.63, 3.8) is 0 Å². The zero-order valence-electron chi connectivity index (χ0n) is 13.0. The molecule has 2 saturated carbocycles. The van der Waals surface area contributed by atoms with Crippen LogP contribution >= 0.6 is 0 Å². The van der Waals surface area contributed by atoms with Crippen LogP contribution in [-0.4, -0.2) is 24.4 Å². The first-order valence-corrected chi connectivity index (χ1v) is 8.24. The van der Waals surface area contributed by atoms with Gasteiger partial charge < -0.3 is 15.1 Å². The molecule has 2 aliphatic carbocycles. The van der Waals surface area contributed by atoms with Gasteiger partial charge in [0.25, 0.3) is 5.91 Å². The van der Waals surface area contributed by atoms with Crippen molar-refractivity contribution in [1.82, 2.24) is 10.6 Å². The topological polar surface area (TPSA) is 71.3 Å². The summed E-state index contributed by atoms with van der Waals surface area (Å²) in [5.41, 5.74) is 0. The van der Waals surface area contributed by atoms with Crippen LogP contribution in [0.2, 0.25) is 0 Å². The summed E-state index contributed by atoms with van der Waals surface area (Å²) < 4.78 is 5.00. The molecule has 0 spiro atoms. The van der Waals surface area contributed by atoms with Crippen LogP contribution in [0.4, 0.5) is 0 Å². The minimum Gasteiger partial charge on any atom is -0.459 e. The molecule has 1 heterocycles. The third-order valence-corrected chi connectivity index (χ3v) is 5.21. The van der Waals surface area contributed by atoms with Gasteiger partial charge in [0, 0.05) is 19.0 Å². The van der Waals surface area contributed by atoms with Gasteiger partial charge in [-0.3, -0.25) is 9.59 Å². The lowest BCUT2D eigenvalue weighted by molar-refractivity contribution is -0.122. The second-order valence-electron chi connectivity index (χ2n) is 6.68. The molecular weight excluding hydrogens is 280 g/mol. The van der Waals surface area contributed by atoms with E-state index in [2.05, 4.69) is 17.6 Å². The van der Waals surface area contributed by atoms with E-state index in [4.69, 9.17) is 4.42 Å². The first-order valence-electron chi connectivity index (χ1n) is 8.24. The number of nitrogens with one attached hydrogen (secondary N) is 2. The first-order chi connectivity index (χ1) is 10.6. The second kappa shape index (κ2) is 6.55. The highest BCUT2D eigenvalue weighted by Crippen LogP contribution is 2.49. The van der Waals surface area contributed by atoms with Gasteiger partial charge in [-0.25, -0.2) is 0 Å². The van der Waals surface area contributed by atoms with Gasteiger partial charge in [-0.15, -0.1) is 0 Å². The van der Waals surface area contributed by atoms with E-state index in [0.717, 1.165) is 11.8 Å². The largest absolute Gasteiger partial charge is 0.459 e. The predicted octanol–water partition coefficient (Wildman–Crippen LogP) is 2.34. The average molecular weight is 304 g/mol. The number of hydrogen-bond acceptors (Lipinski definition) is 3. The molecule has 2 N–H and O–H groups in total. The summed E-state index contributed by atoms with van der Waals surface area (Å²) in [6.07, 6.45) is 7.08. The number of hydrogen-bond donors (Lipinski definition) is 2. The molecule has 0 unspecified atom stereocenters. The van der Waals surface area contributed by atoms with Gasteiger partial charge in [0.15, 0.2) is 5.76 Å². The van der Waals surface area contributed by atoms with Gasteiger partial charge in [0.1, 0.15) is 0 Å². The number of amides is 2. The van der Waals surface area contributed by atoms with Crippen LogP contribution in [0.25, 0.3) is 0 Å². The number of fused-ring (bicyclic) bond motifs is 2. The van der Waals surface area contributed by atoms with Crippen LogP contribution in [0.5, 0.6) is 0 Å². The molecule has 0 radical (unpaired) electrons. The standard InChI is InChI=1S/C17H24N2O3/c1-11(14-10-12-4-5-13(14)9-12)19-16(20)6-7-18-17(21)15-3-2-8-22-15/h2-3,8,11-14H,4-7,9-10H2,1H3,(H,18,21)(H,19,20)/t11-,12-,13-,14+/m0/s1. The number of furan rings is 1. The van der Waals surface area contributed by atoms with E-state index in [1.54, 1.807) is 12.1 Å². The Labute approximate surface area is 130 Å². The van der Waals surface area contributed by atoms with Crippen molar-refractivity contribution in [1.29, 1.82) is 0 Å². The summed E-state index contributed by atoms with van der Waals surface area (Å²) in [6.45, 7) is 2.44. The van der Waals surface area contributed by atoms with E-state index >= 15 is 0 Å². The second-order valence-corrected chi connectivity index (χ2v) is 6.68. The van der Waals surface area contributed by atoms with Crippen molar-refractivity contribution in [3.05, 3.63) is 24.2 Å². The van der Waals surface area contributed by atoms with Crippen molar-refractivity contribution in [2.24, 2.45) is 17.8 Å². The van der Waals surface area contributed by atoms with Crippen molar-refractivity contribution < 1.29 is 14.0 Å². The summed E-state index contributed by atoms with van der Waals surface area (Å²) in [5.74, 6) is 2.34. The monoisotopic (exact) mass is 304 g/mol. The molecule has 3 rings (SSSR count). The van der Waals surface area contributed by atoms with Gasteiger partial charge in [0.05, 0.1) is 6.26 Å². The molecule has 1 aromatic heterocycles. The minimum absolute atomic E-state index is 0.00928. The van der Waals surface area contributed by atoms with E-state index in [9.17, 15) is 9.59 Å². The Morgan fingerprint density at radius 3 is 2.86 bits per heavy atom. The summed E-state index contributed by atoms with van der Waals surface area (Å²) in [6, 6.07) is 3.51. The highest BCUT2D eigenvalue weighted by Gasteiger charge is 2.42. The maximum atomic E-state index is 12.0. The highest BCUT2D eigenvalue weighted by molar-refractivity contribution is 5.91. The Morgan fingerprint density at radius 2 is 2.23 bits per heavy atom. The fourth-order valence-electron chi connectivity index (χ4n) is 4.12. The van der Waals surface area contributed by atoms with Crippen LogP contribution in [0, 0.1) is 17.8 Å². The lowest BCUT2D eigenvalue weighted by atomic mass is 9.84. The zero-order valence-corrected chi connectivity index (χ0v) is 13.0. The van der Waals surface area contributed by atoms with Crippen LogP contribution in [0.1, 0.15) is 49.6 Å². The van der Waals surface area contributed by atoms with Crippen LogP contribution in [0.3, 0.4) is 0 Å². The molecule has 0 aliphatic heterocycles. The molecule has 2 aliphatic rings. The third kappa shape index (κ3) is 3.34. The van der Waals surface area contributed by atoms with Gasteiger partial charge in [0.2, 0.25) is 5.91 Å². The molecule has 1 aromatic rings. The molecule has 2 bridgehead atoms. The molecule has 22 heavy (non-hydrogen) atoms. The van der Waals surface area contributed by atoms with Crippen molar-refractivity contribution in [2.75, 3.05) is 6.54 Å². The fourth-order valence-corrected chi connectivity index (χ4v) is 4.12. The Hall–Kier alpha value is -1.78. The van der Waals surface area contributed by atoms with Gasteiger partial charge in [-0.2, -0.15) is 0 Å². The van der Waals surface area contributed by atoms with E-state index in [1.165, 1.54) is 31.9 Å². The highest BCUT2D eigenvalue weighted by atomic mass is 16.3. The number of carbonyl (C=O) groups is 2. The van der Waals surface area contributed by atoms with Gasteiger partial charge in [-0.1, -0.05) is 6.42 Å². The summed E-state index contributed by atoms with van der Waals surface area (Å²) >= 11 is 0. The van der Waals surface area contributed by atoms with E-state index in [-0.39, 0.29) is 23.6 Å². The Balaban J connectivity index is 1.36. The van der Waals surface area contributed by atoms with E-state index < -0.39 is 0 Å². The molecule has 0 saturated heterocycles. The quantitative estimate of drug-likeness (QED) is 0.847. The molecular formula is C17H24N2O3. The first kappa shape index (κ1) is 15.1. The van der Waals surface area contributed by atoms with Crippen LogP contribution in [-0.2, 0) is 4.79 Å². The van der Waals surface area contributed by atoms with E-state index in [1.807, 2.05) is 0 Å². The Bertz CT molecular complexity index is 526. The SMILES string of the molecule is C[C@H](NC(=O)CCNC(=O)c1ccco1)[C@H]1C[C@H]2CC[C@H]1C2. The normalized spacial score (nSPS) is 27.6. The maximum absolute atomic E-state index is 12.0. The Kier molecular flexibility index (Phi) is 4.50. The maximum Gasteiger partial charge on any atom is 0.286 e. The van der Waals surface area contributed by atoms with Crippen molar-refractivity contribution in [3.8, 4) is 0 Å². The molecule has 120 valence electrons. The smallest absolute Gasteiger partial charge is 0.286 e. The third-order valence-electron chi connectivity index (χ3n) is 5.21. The molecule has 5 nitrogen and oxygen atoms in total. The molecule has 2 fully saturated rings. The minimum atomic E-state index is -0.279. The summed E-state index contributed by atoms with van der Waals surface area (Å²) in [7, 11) is 0. The molecule has 4 atom stereocenters. The summed E-state index contributed by atoms with van der Waals surface area (Å²) in [5, 5.41) is 5.79. The number of rotatable bonds is 6. The predicted molar refractivity (Wildman–Crippen MR) is 82.2 cm³/mol. The lowest BCUT2D eigenvalue weighted by Gasteiger charge is -2.28. The Morgan fingerprint density at radius 1 is 1.36 bits per heavy atom. The average Bonchev–Trinajstić information content (AvgIpc) is 3.23. The lowest BCUT2D eigenvalue weighted by Crippen LogP contribution is -2.41. The van der Waals surface area contributed by atoms with Crippen LogP contribution in [0.15, 0.2) is 22.8 Å². The van der Waals surface area contributed by atoms with Crippen LogP contribution < -0.4 is 10.6 Å². The number of carbonyl (C=O) groups excluding carboxylic acids is 2. The molecule has 2 amide bonds. The van der Waals surface area contributed by atoms with Gasteiger partial charge >= 0.3 is 0 Å². The fraction of sp³-hybridized carbons (Fsp3) is 0.647. The molecule has 0 aromatic carbocycles.